The van der Waals surface area contributed by atoms with Crippen molar-refractivity contribution in [1.29, 1.82) is 0 Å². The lowest BCUT2D eigenvalue weighted by Crippen LogP contribution is -2.18. The van der Waals surface area contributed by atoms with Gasteiger partial charge in [-0.25, -0.2) is 0 Å². The fourth-order valence-electron chi connectivity index (χ4n) is 1.76. The van der Waals surface area contributed by atoms with E-state index in [2.05, 4.69) is 43.4 Å². The predicted octanol–water partition coefficient (Wildman–Crippen LogP) is 4.32. The lowest BCUT2D eigenvalue weighted by atomic mass is 10.2. The number of benzene rings is 1. The molecule has 3 heteroatoms. The van der Waals surface area contributed by atoms with Crippen molar-refractivity contribution in [1.82, 2.24) is 5.32 Å². The van der Waals surface area contributed by atoms with Crippen LogP contribution in [0.5, 0.6) is 0 Å². The summed E-state index contributed by atoms with van der Waals surface area (Å²) in [5, 5.41) is 3.45. The zero-order chi connectivity index (χ0) is 13.5. The SMILES string of the molecule is CC(C)CNCc1ccc(SCc2ccco2)cc1. The molecule has 0 bridgehead atoms. The van der Waals surface area contributed by atoms with Crippen molar-refractivity contribution >= 4 is 11.8 Å². The van der Waals surface area contributed by atoms with Crippen LogP contribution in [0.25, 0.3) is 0 Å². The van der Waals surface area contributed by atoms with Gasteiger partial charge in [0.1, 0.15) is 5.76 Å². The maximum absolute atomic E-state index is 5.32. The Balaban J connectivity index is 1.77. The van der Waals surface area contributed by atoms with Crippen LogP contribution in [0.3, 0.4) is 0 Å². The van der Waals surface area contributed by atoms with Crippen LogP contribution in [-0.2, 0) is 12.3 Å². The summed E-state index contributed by atoms with van der Waals surface area (Å²) >= 11 is 1.80. The van der Waals surface area contributed by atoms with Gasteiger partial charge in [-0.1, -0.05) is 26.0 Å². The molecule has 0 radical (unpaired) electrons. The van der Waals surface area contributed by atoms with Gasteiger partial charge < -0.3 is 9.73 Å². The molecule has 2 rings (SSSR count). The highest BCUT2D eigenvalue weighted by atomic mass is 32.2. The van der Waals surface area contributed by atoms with Crippen LogP contribution in [-0.4, -0.2) is 6.54 Å². The van der Waals surface area contributed by atoms with Crippen molar-refractivity contribution in [3.63, 3.8) is 0 Å². The van der Waals surface area contributed by atoms with Gasteiger partial charge in [-0.2, -0.15) is 0 Å². The van der Waals surface area contributed by atoms with E-state index >= 15 is 0 Å². The van der Waals surface area contributed by atoms with E-state index in [0.717, 1.165) is 24.6 Å². The standard InChI is InChI=1S/C16H21NOS/c1-13(2)10-17-11-14-5-7-16(8-6-14)19-12-15-4-3-9-18-15/h3-9,13,17H,10-12H2,1-2H3. The number of rotatable bonds is 7. The molecule has 1 heterocycles. The number of hydrogen-bond acceptors (Lipinski definition) is 3. The maximum Gasteiger partial charge on any atom is 0.113 e. The van der Waals surface area contributed by atoms with Gasteiger partial charge >= 0.3 is 0 Å². The van der Waals surface area contributed by atoms with E-state index in [4.69, 9.17) is 4.42 Å². The van der Waals surface area contributed by atoms with Crippen LogP contribution in [0.4, 0.5) is 0 Å². The molecule has 0 aliphatic carbocycles. The molecule has 0 fully saturated rings. The monoisotopic (exact) mass is 275 g/mol. The Morgan fingerprint density at radius 2 is 1.95 bits per heavy atom. The van der Waals surface area contributed by atoms with Crippen molar-refractivity contribution in [3.8, 4) is 0 Å². The van der Waals surface area contributed by atoms with Crippen molar-refractivity contribution in [2.24, 2.45) is 5.92 Å². The van der Waals surface area contributed by atoms with Gasteiger partial charge in [-0.15, -0.1) is 11.8 Å². The smallest absolute Gasteiger partial charge is 0.113 e. The van der Waals surface area contributed by atoms with Gasteiger partial charge in [0.05, 0.1) is 12.0 Å². The van der Waals surface area contributed by atoms with E-state index in [-0.39, 0.29) is 0 Å². The lowest BCUT2D eigenvalue weighted by Gasteiger charge is -2.08. The molecule has 0 unspecified atom stereocenters. The Morgan fingerprint density at radius 1 is 1.16 bits per heavy atom. The summed E-state index contributed by atoms with van der Waals surface area (Å²) in [5.41, 5.74) is 1.34. The van der Waals surface area contributed by atoms with Crippen LogP contribution in [0.1, 0.15) is 25.2 Å². The Kier molecular flexibility index (Phi) is 5.55. The molecule has 2 aromatic rings. The molecule has 0 spiro atoms. The van der Waals surface area contributed by atoms with E-state index in [1.54, 1.807) is 18.0 Å². The second-order valence-corrected chi connectivity index (χ2v) is 6.09. The average molecular weight is 275 g/mol. The minimum Gasteiger partial charge on any atom is -0.468 e. The molecule has 0 saturated carbocycles. The highest BCUT2D eigenvalue weighted by Gasteiger charge is 1.99. The third-order valence-corrected chi connectivity index (χ3v) is 3.80. The minimum atomic E-state index is 0.697. The Labute approximate surface area is 119 Å². The summed E-state index contributed by atoms with van der Waals surface area (Å²) in [4.78, 5) is 1.28. The fraction of sp³-hybridized carbons (Fsp3) is 0.375. The summed E-state index contributed by atoms with van der Waals surface area (Å²) in [7, 11) is 0. The average Bonchev–Trinajstić information content (AvgIpc) is 2.90. The van der Waals surface area contributed by atoms with Crippen molar-refractivity contribution in [2.45, 2.75) is 31.0 Å². The molecule has 1 N–H and O–H groups in total. The first kappa shape index (κ1) is 14.2. The van der Waals surface area contributed by atoms with E-state index in [1.165, 1.54) is 10.5 Å². The molecular weight excluding hydrogens is 254 g/mol. The topological polar surface area (TPSA) is 25.2 Å². The van der Waals surface area contributed by atoms with Gasteiger partial charge in [0.25, 0.3) is 0 Å². The quantitative estimate of drug-likeness (QED) is 0.762. The predicted molar refractivity (Wildman–Crippen MR) is 81.3 cm³/mol. The van der Waals surface area contributed by atoms with E-state index in [9.17, 15) is 0 Å². The number of hydrogen-bond donors (Lipinski definition) is 1. The first-order chi connectivity index (χ1) is 9.24. The zero-order valence-electron chi connectivity index (χ0n) is 11.6. The number of nitrogens with one attached hydrogen (secondary N) is 1. The third kappa shape index (κ3) is 5.13. The van der Waals surface area contributed by atoms with Gasteiger partial charge in [0.2, 0.25) is 0 Å². The van der Waals surface area contributed by atoms with Crippen LogP contribution in [0.2, 0.25) is 0 Å². The first-order valence-corrected chi connectivity index (χ1v) is 7.67. The van der Waals surface area contributed by atoms with Crippen LogP contribution < -0.4 is 5.32 Å². The molecule has 19 heavy (non-hydrogen) atoms. The molecule has 1 aromatic heterocycles. The molecule has 1 aromatic carbocycles. The molecule has 0 aliphatic rings. The summed E-state index contributed by atoms with van der Waals surface area (Å²) in [6, 6.07) is 12.7. The van der Waals surface area contributed by atoms with E-state index < -0.39 is 0 Å². The molecule has 102 valence electrons. The molecule has 0 aliphatic heterocycles. The Bertz CT molecular complexity index is 462. The highest BCUT2D eigenvalue weighted by Crippen LogP contribution is 2.23. The van der Waals surface area contributed by atoms with Gasteiger partial charge in [0.15, 0.2) is 0 Å². The molecule has 0 saturated heterocycles. The number of thioether (sulfide) groups is 1. The zero-order valence-corrected chi connectivity index (χ0v) is 12.4. The molecule has 0 amide bonds. The maximum atomic E-state index is 5.32. The largest absolute Gasteiger partial charge is 0.468 e. The third-order valence-electron chi connectivity index (χ3n) is 2.77. The van der Waals surface area contributed by atoms with E-state index in [1.807, 2.05) is 12.1 Å². The minimum absolute atomic E-state index is 0.697. The summed E-state index contributed by atoms with van der Waals surface area (Å²) in [6.45, 7) is 6.46. The summed E-state index contributed by atoms with van der Waals surface area (Å²) < 4.78 is 5.32. The van der Waals surface area contributed by atoms with Gasteiger partial charge in [-0.3, -0.25) is 0 Å². The van der Waals surface area contributed by atoms with Crippen LogP contribution in [0, 0.1) is 5.92 Å². The summed E-state index contributed by atoms with van der Waals surface area (Å²) in [5.74, 6) is 2.61. The Hall–Kier alpha value is -1.19. The van der Waals surface area contributed by atoms with Crippen LogP contribution in [0.15, 0.2) is 52.0 Å². The summed E-state index contributed by atoms with van der Waals surface area (Å²) in [6.07, 6.45) is 1.72. The highest BCUT2D eigenvalue weighted by molar-refractivity contribution is 7.98. The fourth-order valence-corrected chi connectivity index (χ4v) is 2.56. The first-order valence-electron chi connectivity index (χ1n) is 6.69. The van der Waals surface area contributed by atoms with Crippen molar-refractivity contribution in [3.05, 3.63) is 54.0 Å². The van der Waals surface area contributed by atoms with E-state index in [0.29, 0.717) is 5.92 Å². The lowest BCUT2D eigenvalue weighted by molar-refractivity contribution is 0.530. The number of furan rings is 1. The normalized spacial score (nSPS) is 11.1. The molecular formula is C16H21NOS. The van der Waals surface area contributed by atoms with Crippen molar-refractivity contribution in [2.75, 3.05) is 6.54 Å². The molecule has 2 nitrogen and oxygen atoms in total. The van der Waals surface area contributed by atoms with Gasteiger partial charge in [0, 0.05) is 11.4 Å². The van der Waals surface area contributed by atoms with Gasteiger partial charge in [-0.05, 0) is 42.3 Å². The Morgan fingerprint density at radius 3 is 2.58 bits per heavy atom. The molecule has 0 atom stereocenters. The second-order valence-electron chi connectivity index (χ2n) is 5.04. The van der Waals surface area contributed by atoms with Crippen molar-refractivity contribution < 1.29 is 4.42 Å². The second kappa shape index (κ2) is 7.41. The van der Waals surface area contributed by atoms with Crippen LogP contribution >= 0.6 is 11.8 Å².